The maximum Gasteiger partial charge on any atom is 0.511 e. The molecule has 10 heteroatoms. The number of fused-ring (bicyclic) bond motifs is 2. The Morgan fingerprint density at radius 2 is 2.06 bits per heavy atom. The van der Waals surface area contributed by atoms with E-state index in [1.54, 1.807) is 13.0 Å². The van der Waals surface area contributed by atoms with Crippen molar-refractivity contribution in [3.8, 4) is 5.75 Å². The van der Waals surface area contributed by atoms with E-state index in [4.69, 9.17) is 9.84 Å². The smallest absolute Gasteiger partial charge is 0.450 e. The second-order valence-corrected chi connectivity index (χ2v) is 9.02. The van der Waals surface area contributed by atoms with E-state index < -0.39 is 23.5 Å². The standard InChI is InChI=1S/C24H26FN3O6/c1-2-33-23(30)26-18-5-3-4-13-10-27(11-16(13)18)20-9-19-15(8-17(20)25)22(29)21(34-24(31)32)12-28(19)14-6-7-14/h3-4,8-9,12-14,16,18H,2,5-7,10-11H2,1H3,(H,26,30)(H,31,32). The van der Waals surface area contributed by atoms with Crippen molar-refractivity contribution in [3.63, 3.8) is 0 Å². The van der Waals surface area contributed by atoms with E-state index in [1.807, 2.05) is 15.5 Å². The fraction of sp³-hybridized carbons (Fsp3) is 0.458. The molecule has 2 aromatic rings. The predicted octanol–water partition coefficient (Wildman–Crippen LogP) is 3.66. The van der Waals surface area contributed by atoms with Crippen molar-refractivity contribution in [1.82, 2.24) is 9.88 Å². The zero-order valence-electron chi connectivity index (χ0n) is 18.7. The van der Waals surface area contributed by atoms with E-state index in [2.05, 4.69) is 16.1 Å². The summed E-state index contributed by atoms with van der Waals surface area (Å²) in [7, 11) is 0. The van der Waals surface area contributed by atoms with Gasteiger partial charge in [-0.25, -0.2) is 14.0 Å². The van der Waals surface area contributed by atoms with E-state index in [1.165, 1.54) is 12.3 Å². The van der Waals surface area contributed by atoms with Crippen LogP contribution in [0.1, 0.15) is 32.2 Å². The van der Waals surface area contributed by atoms with Gasteiger partial charge < -0.3 is 29.4 Å². The number of amides is 1. The molecule has 2 heterocycles. The first-order chi connectivity index (χ1) is 16.4. The molecule has 1 saturated heterocycles. The van der Waals surface area contributed by atoms with Crippen molar-refractivity contribution >= 4 is 28.8 Å². The molecule has 1 aromatic heterocycles. The summed E-state index contributed by atoms with van der Waals surface area (Å²) in [6.07, 6.45) is 5.97. The minimum atomic E-state index is -1.59. The maximum atomic E-state index is 15.3. The molecule has 1 saturated carbocycles. The van der Waals surface area contributed by atoms with Gasteiger partial charge in [0.25, 0.3) is 0 Å². The lowest BCUT2D eigenvalue weighted by atomic mass is 9.83. The molecule has 1 aromatic carbocycles. The molecule has 3 atom stereocenters. The van der Waals surface area contributed by atoms with Crippen LogP contribution >= 0.6 is 0 Å². The number of pyridine rings is 1. The third kappa shape index (κ3) is 4.08. The zero-order chi connectivity index (χ0) is 24.0. The number of alkyl carbamates (subject to hydrolysis) is 1. The van der Waals surface area contributed by atoms with Gasteiger partial charge in [0.2, 0.25) is 5.43 Å². The summed E-state index contributed by atoms with van der Waals surface area (Å²) in [5, 5.41) is 12.0. The molecule has 0 spiro atoms. The van der Waals surface area contributed by atoms with Gasteiger partial charge in [-0.2, -0.15) is 0 Å². The molecular weight excluding hydrogens is 445 g/mol. The van der Waals surface area contributed by atoms with E-state index in [0.717, 1.165) is 12.8 Å². The number of ether oxygens (including phenoxy) is 2. The lowest BCUT2D eigenvalue weighted by Gasteiger charge is -2.29. The monoisotopic (exact) mass is 471 g/mol. The maximum absolute atomic E-state index is 15.3. The van der Waals surface area contributed by atoms with Gasteiger partial charge in [-0.05, 0) is 38.3 Å². The van der Waals surface area contributed by atoms with E-state index in [-0.39, 0.29) is 35.1 Å². The summed E-state index contributed by atoms with van der Waals surface area (Å²) < 4.78 is 26.8. The Hall–Kier alpha value is -3.56. The largest absolute Gasteiger partial charge is 0.511 e. The molecule has 3 aliphatic rings. The van der Waals surface area contributed by atoms with Crippen molar-refractivity contribution in [2.75, 3.05) is 24.6 Å². The number of aromatic nitrogens is 1. The van der Waals surface area contributed by atoms with Crippen LogP contribution in [0.2, 0.25) is 0 Å². The number of nitrogens with zero attached hydrogens (tertiary/aromatic N) is 2. The van der Waals surface area contributed by atoms with Crippen LogP contribution in [0.4, 0.5) is 19.7 Å². The Balaban J connectivity index is 1.49. The van der Waals surface area contributed by atoms with E-state index in [0.29, 0.717) is 37.3 Å². The molecule has 0 bridgehead atoms. The van der Waals surface area contributed by atoms with Crippen LogP contribution in [0.15, 0.2) is 35.3 Å². The third-order valence-electron chi connectivity index (χ3n) is 6.83. The molecule has 1 aliphatic heterocycles. The van der Waals surface area contributed by atoms with Crippen molar-refractivity contribution < 1.29 is 28.6 Å². The summed E-state index contributed by atoms with van der Waals surface area (Å²) in [6, 6.07) is 2.85. The average molecular weight is 471 g/mol. The Morgan fingerprint density at radius 1 is 1.26 bits per heavy atom. The van der Waals surface area contributed by atoms with Gasteiger partial charge in [-0.1, -0.05) is 12.2 Å². The van der Waals surface area contributed by atoms with Crippen LogP contribution in [0.25, 0.3) is 10.9 Å². The van der Waals surface area contributed by atoms with Crippen molar-refractivity contribution in [1.29, 1.82) is 0 Å². The molecule has 9 nitrogen and oxygen atoms in total. The van der Waals surface area contributed by atoms with Crippen LogP contribution in [-0.4, -0.2) is 47.7 Å². The van der Waals surface area contributed by atoms with Crippen LogP contribution in [0.5, 0.6) is 5.75 Å². The highest BCUT2D eigenvalue weighted by molar-refractivity contribution is 5.85. The first-order valence-electron chi connectivity index (χ1n) is 11.5. The van der Waals surface area contributed by atoms with E-state index in [9.17, 15) is 14.4 Å². The Labute approximate surface area is 194 Å². The Kier molecular flexibility index (Phi) is 5.66. The van der Waals surface area contributed by atoms with Gasteiger partial charge in [-0.3, -0.25) is 4.79 Å². The molecule has 5 rings (SSSR count). The summed E-state index contributed by atoms with van der Waals surface area (Å²) in [6.45, 7) is 3.17. The molecule has 34 heavy (non-hydrogen) atoms. The Bertz CT molecular complexity index is 1240. The first kappa shape index (κ1) is 22.2. The zero-order valence-corrected chi connectivity index (χ0v) is 18.7. The van der Waals surface area contributed by atoms with Crippen molar-refractivity contribution in [2.24, 2.45) is 11.8 Å². The highest BCUT2D eigenvalue weighted by atomic mass is 19.1. The number of rotatable bonds is 5. The minimum Gasteiger partial charge on any atom is -0.450 e. The summed E-state index contributed by atoms with van der Waals surface area (Å²) in [5.74, 6) is -0.643. The van der Waals surface area contributed by atoms with Crippen molar-refractivity contribution in [2.45, 2.75) is 38.3 Å². The van der Waals surface area contributed by atoms with Crippen LogP contribution < -0.4 is 20.4 Å². The number of hydrogen-bond acceptors (Lipinski definition) is 6. The highest BCUT2D eigenvalue weighted by Crippen LogP contribution is 2.40. The van der Waals surface area contributed by atoms with Gasteiger partial charge in [0.15, 0.2) is 5.75 Å². The molecule has 2 fully saturated rings. The number of carboxylic acid groups (broad SMARTS) is 1. The predicted molar refractivity (Wildman–Crippen MR) is 122 cm³/mol. The molecule has 180 valence electrons. The molecule has 0 radical (unpaired) electrons. The molecule has 2 aliphatic carbocycles. The molecular formula is C24H26FN3O6. The van der Waals surface area contributed by atoms with Crippen molar-refractivity contribution in [3.05, 3.63) is 46.5 Å². The lowest BCUT2D eigenvalue weighted by Crippen LogP contribution is -2.44. The summed E-state index contributed by atoms with van der Waals surface area (Å²) >= 11 is 0. The second-order valence-electron chi connectivity index (χ2n) is 9.02. The highest BCUT2D eigenvalue weighted by Gasteiger charge is 2.40. The number of halogens is 1. The average Bonchev–Trinajstić information content (AvgIpc) is 3.53. The van der Waals surface area contributed by atoms with Crippen LogP contribution in [-0.2, 0) is 4.74 Å². The number of benzene rings is 1. The summed E-state index contributed by atoms with van der Waals surface area (Å²) in [4.78, 5) is 37.7. The number of anilines is 1. The van der Waals surface area contributed by atoms with Crippen LogP contribution in [0, 0.1) is 17.7 Å². The van der Waals surface area contributed by atoms with Gasteiger partial charge in [-0.15, -0.1) is 0 Å². The van der Waals surface area contributed by atoms with Crippen LogP contribution in [0.3, 0.4) is 0 Å². The molecule has 3 unspecified atom stereocenters. The van der Waals surface area contributed by atoms with Gasteiger partial charge in [0.05, 0.1) is 29.4 Å². The topological polar surface area (TPSA) is 110 Å². The fourth-order valence-electron chi connectivity index (χ4n) is 5.14. The third-order valence-corrected chi connectivity index (χ3v) is 6.83. The van der Waals surface area contributed by atoms with Gasteiger partial charge in [0, 0.05) is 37.0 Å². The quantitative estimate of drug-likeness (QED) is 0.506. The van der Waals surface area contributed by atoms with Gasteiger partial charge >= 0.3 is 12.2 Å². The number of hydrogen-bond donors (Lipinski definition) is 2. The number of carbonyl (C=O) groups is 2. The fourth-order valence-corrected chi connectivity index (χ4v) is 5.14. The molecule has 1 amide bonds. The number of nitrogens with one attached hydrogen (secondary N) is 1. The Morgan fingerprint density at radius 3 is 2.76 bits per heavy atom. The van der Waals surface area contributed by atoms with Gasteiger partial charge in [0.1, 0.15) is 5.82 Å². The normalized spacial score (nSPS) is 23.6. The number of carbonyl (C=O) groups excluding carboxylic acids is 1. The summed E-state index contributed by atoms with van der Waals surface area (Å²) in [5.41, 5.74) is 0.274. The van der Waals surface area contributed by atoms with E-state index >= 15 is 4.39 Å². The minimum absolute atomic E-state index is 0.0882. The first-order valence-corrected chi connectivity index (χ1v) is 11.5. The lowest BCUT2D eigenvalue weighted by molar-refractivity contribution is 0.141. The molecule has 2 N–H and O–H groups in total. The SMILES string of the molecule is CCOC(=O)NC1CC=CC2CN(c3cc4c(cc3F)c(=O)c(OC(=O)O)cn4C3CC3)CC21. The second kappa shape index (κ2) is 8.66.